The minimum atomic E-state index is -0.934. The lowest BCUT2D eigenvalue weighted by Gasteiger charge is -2.13. The van der Waals surface area contributed by atoms with E-state index in [0.717, 1.165) is 10.5 Å². The van der Waals surface area contributed by atoms with Gasteiger partial charge in [-0.05, 0) is 42.0 Å². The molecule has 0 atom stereocenters. The lowest BCUT2D eigenvalue weighted by molar-refractivity contribution is 0.210. The van der Waals surface area contributed by atoms with Crippen LogP contribution >= 0.6 is 15.9 Å². The van der Waals surface area contributed by atoms with Crippen molar-refractivity contribution in [2.24, 2.45) is 0 Å². The van der Waals surface area contributed by atoms with Gasteiger partial charge in [0.25, 0.3) is 0 Å². The summed E-state index contributed by atoms with van der Waals surface area (Å²) in [7, 11) is 1.58. The number of methoxy groups -OCH3 is 1. The number of halogens is 3. The van der Waals surface area contributed by atoms with E-state index in [4.69, 9.17) is 4.74 Å². The molecule has 0 spiro atoms. The van der Waals surface area contributed by atoms with Gasteiger partial charge in [0.1, 0.15) is 11.6 Å². The van der Waals surface area contributed by atoms with Crippen molar-refractivity contribution in [3.8, 4) is 28.1 Å². The van der Waals surface area contributed by atoms with Gasteiger partial charge in [0.15, 0.2) is 11.6 Å². The first kappa shape index (κ1) is 19.3. The number of phenolic OH excluding ortho intramolecular Hbond substituents is 1. The predicted molar refractivity (Wildman–Crippen MR) is 105 cm³/mol. The molecule has 140 valence electrons. The van der Waals surface area contributed by atoms with E-state index in [0.29, 0.717) is 35.8 Å². The molecule has 1 aromatic heterocycles. The second kappa shape index (κ2) is 8.45. The van der Waals surface area contributed by atoms with Gasteiger partial charge >= 0.3 is 0 Å². The number of nitrogens with one attached hydrogen (secondary N) is 1. The van der Waals surface area contributed by atoms with Gasteiger partial charge in [-0.2, -0.15) is 0 Å². The first-order valence-corrected chi connectivity index (χ1v) is 8.97. The van der Waals surface area contributed by atoms with Crippen LogP contribution in [-0.2, 0) is 4.74 Å². The van der Waals surface area contributed by atoms with Crippen molar-refractivity contribution in [2.45, 2.75) is 0 Å². The third-order valence-corrected chi connectivity index (χ3v) is 4.43. The van der Waals surface area contributed by atoms with Crippen LogP contribution in [0.15, 0.2) is 53.0 Å². The van der Waals surface area contributed by atoms with E-state index in [1.54, 1.807) is 31.4 Å². The predicted octanol–water partition coefficient (Wildman–Crippen LogP) is 5.22. The summed E-state index contributed by atoms with van der Waals surface area (Å²) >= 11 is 3.37. The largest absolute Gasteiger partial charge is 0.507 e. The van der Waals surface area contributed by atoms with E-state index < -0.39 is 11.6 Å². The summed E-state index contributed by atoms with van der Waals surface area (Å²) in [6.07, 6.45) is 0. The molecule has 0 saturated carbocycles. The van der Waals surface area contributed by atoms with Crippen LogP contribution in [0.2, 0.25) is 0 Å². The Kier molecular flexibility index (Phi) is 6.03. The van der Waals surface area contributed by atoms with Gasteiger partial charge in [-0.15, -0.1) is 0 Å². The van der Waals surface area contributed by atoms with Gasteiger partial charge in [0.2, 0.25) is 0 Å². The monoisotopic (exact) mass is 434 g/mol. The summed E-state index contributed by atoms with van der Waals surface area (Å²) in [5, 5.41) is 13.3. The van der Waals surface area contributed by atoms with Crippen LogP contribution in [0.4, 0.5) is 14.6 Å². The van der Waals surface area contributed by atoms with Gasteiger partial charge < -0.3 is 15.2 Å². The van der Waals surface area contributed by atoms with Crippen LogP contribution in [0.1, 0.15) is 0 Å². The van der Waals surface area contributed by atoms with Gasteiger partial charge in [0, 0.05) is 29.3 Å². The highest BCUT2D eigenvalue weighted by atomic mass is 79.9. The molecule has 2 N–H and O–H groups in total. The molecular formula is C20H17BrF2N2O2. The molecule has 2 aromatic carbocycles. The van der Waals surface area contributed by atoms with Crippen molar-refractivity contribution in [3.05, 3.63) is 64.6 Å². The van der Waals surface area contributed by atoms with Crippen LogP contribution < -0.4 is 5.32 Å². The minimum Gasteiger partial charge on any atom is -0.507 e. The van der Waals surface area contributed by atoms with Crippen LogP contribution in [0, 0.1) is 11.6 Å². The number of nitrogens with zero attached hydrogens (tertiary/aromatic N) is 1. The number of ether oxygens (including phenoxy) is 1. The number of anilines is 1. The van der Waals surface area contributed by atoms with Gasteiger partial charge in [-0.1, -0.05) is 28.1 Å². The number of benzene rings is 2. The molecule has 0 amide bonds. The molecule has 0 fully saturated rings. The van der Waals surface area contributed by atoms with E-state index in [-0.39, 0.29) is 11.3 Å². The maximum absolute atomic E-state index is 14.3. The van der Waals surface area contributed by atoms with E-state index in [1.807, 2.05) is 0 Å². The first-order chi connectivity index (χ1) is 13.0. The van der Waals surface area contributed by atoms with Crippen molar-refractivity contribution in [1.29, 1.82) is 0 Å². The molecule has 4 nitrogen and oxygen atoms in total. The fraction of sp³-hybridized carbons (Fsp3) is 0.150. The lowest BCUT2D eigenvalue weighted by atomic mass is 10.0. The zero-order valence-corrected chi connectivity index (χ0v) is 16.1. The topological polar surface area (TPSA) is 54.4 Å². The molecule has 3 rings (SSSR count). The third kappa shape index (κ3) is 4.43. The van der Waals surface area contributed by atoms with Crippen LogP contribution in [-0.4, -0.2) is 30.4 Å². The van der Waals surface area contributed by atoms with E-state index in [1.165, 1.54) is 18.2 Å². The molecule has 7 heteroatoms. The Morgan fingerprint density at radius 1 is 1.11 bits per heavy atom. The Balaban J connectivity index is 2.14. The van der Waals surface area contributed by atoms with Crippen molar-refractivity contribution >= 4 is 21.7 Å². The maximum atomic E-state index is 14.3. The Morgan fingerprint density at radius 2 is 1.93 bits per heavy atom. The van der Waals surface area contributed by atoms with Crippen LogP contribution in [0.25, 0.3) is 22.4 Å². The molecule has 0 unspecified atom stereocenters. The number of pyridine rings is 1. The molecular weight excluding hydrogens is 418 g/mol. The summed E-state index contributed by atoms with van der Waals surface area (Å²) in [5.74, 6) is -1.37. The van der Waals surface area contributed by atoms with Crippen molar-refractivity contribution < 1.29 is 18.6 Å². The fourth-order valence-corrected chi connectivity index (χ4v) is 3.00. The Bertz CT molecular complexity index is 946. The second-order valence-corrected chi connectivity index (χ2v) is 6.72. The van der Waals surface area contributed by atoms with Gasteiger partial charge in [0.05, 0.1) is 12.3 Å². The average molecular weight is 435 g/mol. The Labute approximate surface area is 164 Å². The average Bonchev–Trinajstić information content (AvgIpc) is 2.66. The Hall–Kier alpha value is -2.51. The number of phenols is 1. The summed E-state index contributed by atoms with van der Waals surface area (Å²) < 4.78 is 33.8. The Morgan fingerprint density at radius 3 is 2.70 bits per heavy atom. The number of hydrogen-bond donors (Lipinski definition) is 2. The smallest absolute Gasteiger partial charge is 0.166 e. The standard InChI is InChI=1S/C20H17BrF2N2O2/c1-27-8-7-24-19-10-12(14-3-2-4-16(22)20(14)23)9-17(25-19)15-11-13(21)5-6-18(15)26/h2-6,9-11,26H,7-8H2,1H3,(H,24,25). The van der Waals surface area contributed by atoms with Crippen molar-refractivity contribution in [3.63, 3.8) is 0 Å². The number of rotatable bonds is 6. The van der Waals surface area contributed by atoms with Crippen molar-refractivity contribution in [1.82, 2.24) is 4.98 Å². The highest BCUT2D eigenvalue weighted by Gasteiger charge is 2.15. The summed E-state index contributed by atoms with van der Waals surface area (Å²) in [6, 6.07) is 12.2. The second-order valence-electron chi connectivity index (χ2n) is 5.81. The van der Waals surface area contributed by atoms with Crippen LogP contribution in [0.3, 0.4) is 0 Å². The summed E-state index contributed by atoms with van der Waals surface area (Å²) in [5.41, 5.74) is 1.45. The molecule has 1 heterocycles. The summed E-state index contributed by atoms with van der Waals surface area (Å²) in [4.78, 5) is 4.49. The third-order valence-electron chi connectivity index (χ3n) is 3.93. The fourth-order valence-electron chi connectivity index (χ4n) is 2.64. The van der Waals surface area contributed by atoms with Gasteiger partial charge in [-0.3, -0.25) is 0 Å². The highest BCUT2D eigenvalue weighted by Crippen LogP contribution is 2.35. The maximum Gasteiger partial charge on any atom is 0.166 e. The quantitative estimate of drug-likeness (QED) is 0.522. The van der Waals surface area contributed by atoms with E-state index in [9.17, 15) is 13.9 Å². The number of hydrogen-bond acceptors (Lipinski definition) is 4. The zero-order chi connectivity index (χ0) is 19.4. The first-order valence-electron chi connectivity index (χ1n) is 8.17. The molecule has 0 aliphatic rings. The van der Waals surface area contributed by atoms with E-state index >= 15 is 0 Å². The van der Waals surface area contributed by atoms with Crippen LogP contribution in [0.5, 0.6) is 5.75 Å². The number of aromatic hydroxyl groups is 1. The highest BCUT2D eigenvalue weighted by molar-refractivity contribution is 9.10. The zero-order valence-electron chi connectivity index (χ0n) is 14.5. The number of aromatic nitrogens is 1. The molecule has 0 saturated heterocycles. The lowest BCUT2D eigenvalue weighted by Crippen LogP contribution is -2.09. The summed E-state index contributed by atoms with van der Waals surface area (Å²) in [6.45, 7) is 0.945. The molecule has 27 heavy (non-hydrogen) atoms. The molecule has 0 aliphatic carbocycles. The molecule has 0 aliphatic heterocycles. The van der Waals surface area contributed by atoms with Gasteiger partial charge in [-0.25, -0.2) is 13.8 Å². The minimum absolute atomic E-state index is 0.0328. The van der Waals surface area contributed by atoms with Crippen molar-refractivity contribution in [2.75, 3.05) is 25.6 Å². The normalized spacial score (nSPS) is 10.8. The molecule has 0 bridgehead atoms. The van der Waals surface area contributed by atoms with E-state index in [2.05, 4.69) is 26.2 Å². The molecule has 0 radical (unpaired) electrons. The SMILES string of the molecule is COCCNc1cc(-c2cccc(F)c2F)cc(-c2cc(Br)ccc2O)n1. The molecule has 3 aromatic rings.